The minimum absolute atomic E-state index is 0.0929. The van der Waals surface area contributed by atoms with Gasteiger partial charge in [-0.3, -0.25) is 0 Å². The molecule has 0 saturated carbocycles. The van der Waals surface area contributed by atoms with Crippen molar-refractivity contribution in [3.63, 3.8) is 0 Å². The Labute approximate surface area is 141 Å². The zero-order chi connectivity index (χ0) is 17.6. The summed E-state index contributed by atoms with van der Waals surface area (Å²) in [6, 6.07) is 13.4. The van der Waals surface area contributed by atoms with Crippen LogP contribution in [0.15, 0.2) is 53.4 Å². The van der Waals surface area contributed by atoms with E-state index in [4.69, 9.17) is 4.74 Å². The molecule has 2 rings (SSSR count). The van der Waals surface area contributed by atoms with Gasteiger partial charge in [-0.2, -0.15) is 0 Å². The summed E-state index contributed by atoms with van der Waals surface area (Å²) in [6.07, 6.45) is 1.76. The molecule has 0 aliphatic rings. The van der Waals surface area contributed by atoms with Crippen molar-refractivity contribution in [1.82, 2.24) is 5.32 Å². The Morgan fingerprint density at radius 2 is 1.75 bits per heavy atom. The van der Waals surface area contributed by atoms with Crippen molar-refractivity contribution in [2.75, 3.05) is 25.2 Å². The number of carbonyl (C=O) groups is 1. The Kier molecular flexibility index (Phi) is 5.81. The minimum Gasteiger partial charge on any atom is -0.497 e. The molecule has 128 valence electrons. The summed E-state index contributed by atoms with van der Waals surface area (Å²) in [6.45, 7) is 0.430. The fraction of sp³-hybridized carbons (Fsp3) is 0.235. The number of hydrogen-bond acceptors (Lipinski definition) is 4. The van der Waals surface area contributed by atoms with E-state index in [1.807, 2.05) is 24.3 Å². The lowest BCUT2D eigenvalue weighted by molar-refractivity contribution is 0.252. The van der Waals surface area contributed by atoms with E-state index < -0.39 is 15.9 Å². The molecule has 24 heavy (non-hydrogen) atoms. The van der Waals surface area contributed by atoms with Gasteiger partial charge in [-0.1, -0.05) is 24.3 Å². The van der Waals surface area contributed by atoms with E-state index in [1.54, 1.807) is 25.3 Å². The molecule has 0 spiro atoms. The van der Waals surface area contributed by atoms with Gasteiger partial charge in [0.25, 0.3) is 0 Å². The molecular weight excluding hydrogens is 328 g/mol. The molecule has 0 fully saturated rings. The number of amides is 2. The summed E-state index contributed by atoms with van der Waals surface area (Å²) < 4.78 is 28.5. The van der Waals surface area contributed by atoms with Crippen LogP contribution in [0.25, 0.3) is 0 Å². The highest BCUT2D eigenvalue weighted by Gasteiger charge is 2.14. The highest BCUT2D eigenvalue weighted by atomic mass is 32.2. The lowest BCUT2D eigenvalue weighted by Gasteiger charge is -2.11. The number of nitrogens with one attached hydrogen (secondary N) is 2. The Morgan fingerprint density at radius 3 is 2.38 bits per heavy atom. The number of sulfone groups is 1. The minimum atomic E-state index is -3.40. The number of hydrogen-bond donors (Lipinski definition) is 2. The van der Waals surface area contributed by atoms with Gasteiger partial charge in [-0.25, -0.2) is 13.2 Å². The maximum absolute atomic E-state index is 11.9. The van der Waals surface area contributed by atoms with Crippen molar-refractivity contribution >= 4 is 21.6 Å². The molecule has 2 N–H and O–H groups in total. The summed E-state index contributed by atoms with van der Waals surface area (Å²) >= 11 is 0. The first-order valence-corrected chi connectivity index (χ1v) is 9.26. The topological polar surface area (TPSA) is 84.5 Å². The monoisotopic (exact) mass is 348 g/mol. The predicted molar refractivity (Wildman–Crippen MR) is 93.3 cm³/mol. The van der Waals surface area contributed by atoms with Crippen LogP contribution >= 0.6 is 0 Å². The van der Waals surface area contributed by atoms with Crippen LogP contribution in [-0.4, -0.2) is 34.4 Å². The highest BCUT2D eigenvalue weighted by molar-refractivity contribution is 7.90. The number of rotatable bonds is 6. The number of urea groups is 1. The average molecular weight is 348 g/mol. The van der Waals surface area contributed by atoms with Gasteiger partial charge in [-0.15, -0.1) is 0 Å². The van der Waals surface area contributed by atoms with Crippen molar-refractivity contribution in [2.45, 2.75) is 11.3 Å². The van der Waals surface area contributed by atoms with Gasteiger partial charge in [0.15, 0.2) is 9.84 Å². The van der Waals surface area contributed by atoms with E-state index in [0.717, 1.165) is 17.6 Å². The Hall–Kier alpha value is -2.54. The zero-order valence-electron chi connectivity index (χ0n) is 13.6. The van der Waals surface area contributed by atoms with Gasteiger partial charge < -0.3 is 15.4 Å². The van der Waals surface area contributed by atoms with Gasteiger partial charge in [-0.05, 0) is 36.2 Å². The number of para-hydroxylation sites is 1. The lowest BCUT2D eigenvalue weighted by Crippen LogP contribution is -2.30. The largest absolute Gasteiger partial charge is 0.497 e. The second-order valence-corrected chi connectivity index (χ2v) is 7.23. The first-order chi connectivity index (χ1) is 11.4. The normalized spacial score (nSPS) is 10.9. The smallest absolute Gasteiger partial charge is 0.319 e. The third-order valence-corrected chi connectivity index (χ3v) is 4.55. The third-order valence-electron chi connectivity index (χ3n) is 3.39. The van der Waals surface area contributed by atoms with Gasteiger partial charge in [0, 0.05) is 12.8 Å². The van der Waals surface area contributed by atoms with Crippen LogP contribution in [0.1, 0.15) is 5.56 Å². The Balaban J connectivity index is 1.90. The molecule has 0 unspecified atom stereocenters. The van der Waals surface area contributed by atoms with Crippen molar-refractivity contribution in [1.29, 1.82) is 0 Å². The molecule has 0 bridgehead atoms. The first-order valence-electron chi connectivity index (χ1n) is 7.37. The number of benzene rings is 2. The van der Waals surface area contributed by atoms with Gasteiger partial charge >= 0.3 is 6.03 Å². The molecule has 0 atom stereocenters. The second-order valence-electron chi connectivity index (χ2n) is 5.25. The van der Waals surface area contributed by atoms with Crippen LogP contribution < -0.4 is 15.4 Å². The van der Waals surface area contributed by atoms with E-state index in [0.29, 0.717) is 13.0 Å². The lowest BCUT2D eigenvalue weighted by atomic mass is 10.1. The van der Waals surface area contributed by atoms with Crippen LogP contribution in [0.2, 0.25) is 0 Å². The molecule has 2 amide bonds. The maximum Gasteiger partial charge on any atom is 0.319 e. The quantitative estimate of drug-likeness (QED) is 0.840. The number of carbonyl (C=O) groups excluding carboxylic acids is 1. The van der Waals surface area contributed by atoms with Crippen LogP contribution in [0.3, 0.4) is 0 Å². The molecule has 7 heteroatoms. The van der Waals surface area contributed by atoms with E-state index in [-0.39, 0.29) is 10.6 Å². The van der Waals surface area contributed by atoms with Gasteiger partial charge in [0.1, 0.15) is 5.75 Å². The Bertz CT molecular complexity index is 802. The maximum atomic E-state index is 11.9. The first kappa shape index (κ1) is 17.8. The Morgan fingerprint density at radius 1 is 1.08 bits per heavy atom. The molecule has 0 aromatic heterocycles. The number of ether oxygens (including phenoxy) is 1. The van der Waals surface area contributed by atoms with Crippen LogP contribution in [0.5, 0.6) is 5.75 Å². The molecule has 0 saturated heterocycles. The average Bonchev–Trinajstić information content (AvgIpc) is 2.55. The van der Waals surface area contributed by atoms with Gasteiger partial charge in [0.05, 0.1) is 17.7 Å². The highest BCUT2D eigenvalue weighted by Crippen LogP contribution is 2.20. The van der Waals surface area contributed by atoms with Crippen LogP contribution in [0, 0.1) is 0 Å². The van der Waals surface area contributed by atoms with E-state index in [1.165, 1.54) is 6.07 Å². The summed E-state index contributed by atoms with van der Waals surface area (Å²) in [4.78, 5) is 12.0. The third kappa shape index (κ3) is 4.99. The second kappa shape index (κ2) is 7.83. The standard InChI is InChI=1S/C17H20N2O4S/c1-23-14-9-7-13(8-10-14)11-12-18-17(20)19-15-5-3-4-6-16(15)24(2,21)22/h3-10H,11-12H2,1-2H3,(H2,18,19,20). The SMILES string of the molecule is COc1ccc(CCNC(=O)Nc2ccccc2S(C)(=O)=O)cc1. The molecule has 0 aliphatic carbocycles. The zero-order valence-corrected chi connectivity index (χ0v) is 14.4. The predicted octanol–water partition coefficient (Wildman–Crippen LogP) is 2.46. The molecular formula is C17H20N2O4S. The molecule has 0 radical (unpaired) electrons. The van der Waals surface area contributed by atoms with Gasteiger partial charge in [0.2, 0.25) is 0 Å². The summed E-state index contributed by atoms with van der Waals surface area (Å²) in [5.74, 6) is 0.779. The molecule has 0 heterocycles. The fourth-order valence-corrected chi connectivity index (χ4v) is 3.02. The summed E-state index contributed by atoms with van der Waals surface area (Å²) in [7, 11) is -1.80. The number of methoxy groups -OCH3 is 1. The summed E-state index contributed by atoms with van der Waals surface area (Å²) in [5.41, 5.74) is 1.33. The van der Waals surface area contributed by atoms with Crippen molar-refractivity contribution in [3.05, 3.63) is 54.1 Å². The van der Waals surface area contributed by atoms with Crippen LogP contribution in [0.4, 0.5) is 10.5 Å². The van der Waals surface area contributed by atoms with E-state index in [2.05, 4.69) is 10.6 Å². The van der Waals surface area contributed by atoms with E-state index >= 15 is 0 Å². The van der Waals surface area contributed by atoms with Crippen molar-refractivity contribution < 1.29 is 17.9 Å². The molecule has 2 aromatic carbocycles. The van der Waals surface area contributed by atoms with E-state index in [9.17, 15) is 13.2 Å². The molecule has 0 aliphatic heterocycles. The van der Waals surface area contributed by atoms with Crippen molar-refractivity contribution in [3.8, 4) is 5.75 Å². The summed E-state index contributed by atoms with van der Waals surface area (Å²) in [5, 5.41) is 5.28. The molecule has 2 aromatic rings. The molecule has 6 nitrogen and oxygen atoms in total. The number of anilines is 1. The van der Waals surface area contributed by atoms with Crippen molar-refractivity contribution in [2.24, 2.45) is 0 Å². The van der Waals surface area contributed by atoms with Crippen LogP contribution in [-0.2, 0) is 16.3 Å². The fourth-order valence-electron chi connectivity index (χ4n) is 2.17.